The lowest BCUT2D eigenvalue weighted by Gasteiger charge is -2.15. The van der Waals surface area contributed by atoms with Gasteiger partial charge in [0.05, 0.1) is 13.2 Å². The van der Waals surface area contributed by atoms with Gasteiger partial charge in [0.15, 0.2) is 0 Å². The Morgan fingerprint density at radius 1 is 1.47 bits per heavy atom. The number of nitriles is 1. The van der Waals surface area contributed by atoms with E-state index in [1.807, 2.05) is 12.1 Å². The van der Waals surface area contributed by atoms with E-state index in [-0.39, 0.29) is 0 Å². The Balaban J connectivity index is 2.18. The summed E-state index contributed by atoms with van der Waals surface area (Å²) in [6.45, 7) is 0. The first-order valence-corrected chi connectivity index (χ1v) is 5.13. The van der Waals surface area contributed by atoms with Crippen LogP contribution in [0.4, 0.5) is 0 Å². The van der Waals surface area contributed by atoms with E-state index in [1.54, 1.807) is 7.11 Å². The third kappa shape index (κ3) is 0.979. The van der Waals surface area contributed by atoms with Crippen LogP contribution in [0.2, 0.25) is 0 Å². The average Bonchev–Trinajstić information content (AvgIpc) is 2.86. The topological polar surface area (TPSA) is 33.0 Å². The number of hydrogen-bond acceptors (Lipinski definition) is 2. The Morgan fingerprint density at radius 2 is 2.33 bits per heavy atom. The smallest absolute Gasteiger partial charge is 0.122 e. The predicted octanol–water partition coefficient (Wildman–Crippen LogP) is 2.73. The van der Waals surface area contributed by atoms with Gasteiger partial charge >= 0.3 is 0 Å². The number of hydrogen-bond donors (Lipinski definition) is 0. The minimum atomic E-state index is 0.324. The Morgan fingerprint density at radius 3 is 3.07 bits per heavy atom. The van der Waals surface area contributed by atoms with E-state index in [4.69, 9.17) is 10.00 Å². The molecule has 2 bridgehead atoms. The fourth-order valence-corrected chi connectivity index (χ4v) is 2.83. The number of ether oxygens (including phenoxy) is 1. The van der Waals surface area contributed by atoms with Gasteiger partial charge in [0, 0.05) is 23.0 Å². The molecule has 3 rings (SSSR count). The van der Waals surface area contributed by atoms with Gasteiger partial charge < -0.3 is 4.74 Å². The summed E-state index contributed by atoms with van der Waals surface area (Å²) in [6.07, 6.45) is 3.15. The summed E-state index contributed by atoms with van der Waals surface area (Å²) in [4.78, 5) is 0. The second kappa shape index (κ2) is 2.87. The molecule has 0 heterocycles. The molecule has 15 heavy (non-hydrogen) atoms. The second-order valence-electron chi connectivity index (χ2n) is 4.09. The van der Waals surface area contributed by atoms with Crippen molar-refractivity contribution in [1.82, 2.24) is 0 Å². The lowest BCUT2D eigenvalue weighted by atomic mass is 9.91. The summed E-state index contributed by atoms with van der Waals surface area (Å²) in [7, 11) is 1.70. The van der Waals surface area contributed by atoms with Gasteiger partial charge in [-0.25, -0.2) is 0 Å². The minimum absolute atomic E-state index is 0.324. The highest BCUT2D eigenvalue weighted by atomic mass is 16.5. The molecule has 1 aromatic carbocycles. The van der Waals surface area contributed by atoms with Crippen LogP contribution >= 0.6 is 0 Å². The summed E-state index contributed by atoms with van der Waals surface area (Å²) in [6, 6.07) is 8.42. The third-order valence-corrected chi connectivity index (χ3v) is 3.44. The molecule has 0 saturated carbocycles. The molecule has 1 aromatic rings. The first-order valence-electron chi connectivity index (χ1n) is 5.13. The largest absolute Gasteiger partial charge is 0.496 e. The SMILES string of the molecule is COc1cccc2c1C1C=C(C#N)C2C1. The molecular weight excluding hydrogens is 186 g/mol. The number of fused-ring (bicyclic) bond motifs is 5. The van der Waals surface area contributed by atoms with Crippen LogP contribution in [0.3, 0.4) is 0 Å². The van der Waals surface area contributed by atoms with Crippen molar-refractivity contribution in [2.45, 2.75) is 18.3 Å². The van der Waals surface area contributed by atoms with Gasteiger partial charge in [0.1, 0.15) is 5.75 Å². The van der Waals surface area contributed by atoms with E-state index in [9.17, 15) is 0 Å². The molecule has 2 aliphatic carbocycles. The van der Waals surface area contributed by atoms with Crippen LogP contribution in [0.15, 0.2) is 29.8 Å². The van der Waals surface area contributed by atoms with E-state index < -0.39 is 0 Å². The number of nitrogens with zero attached hydrogens (tertiary/aromatic N) is 1. The Bertz CT molecular complexity index is 496. The van der Waals surface area contributed by atoms with Crippen molar-refractivity contribution < 1.29 is 4.74 Å². The molecule has 0 amide bonds. The van der Waals surface area contributed by atoms with Gasteiger partial charge in [-0.05, 0) is 18.1 Å². The molecule has 0 aliphatic heterocycles. The predicted molar refractivity (Wildman–Crippen MR) is 56.8 cm³/mol. The summed E-state index contributed by atoms with van der Waals surface area (Å²) in [5.41, 5.74) is 3.52. The quantitative estimate of drug-likeness (QED) is 0.693. The molecule has 2 heteroatoms. The van der Waals surface area contributed by atoms with Crippen molar-refractivity contribution in [2.75, 3.05) is 7.11 Å². The number of benzene rings is 1. The summed E-state index contributed by atoms with van der Waals surface area (Å²) >= 11 is 0. The Labute approximate surface area is 88.8 Å². The first kappa shape index (κ1) is 8.55. The molecular formula is C13H11NO. The van der Waals surface area contributed by atoms with E-state index in [0.29, 0.717) is 11.8 Å². The summed E-state index contributed by atoms with van der Waals surface area (Å²) in [5.74, 6) is 1.69. The molecule has 0 radical (unpaired) electrons. The monoisotopic (exact) mass is 197 g/mol. The first-order chi connectivity index (χ1) is 7.35. The maximum absolute atomic E-state index is 8.99. The number of allylic oxidation sites excluding steroid dienone is 2. The van der Waals surface area contributed by atoms with Crippen molar-refractivity contribution in [3.63, 3.8) is 0 Å². The van der Waals surface area contributed by atoms with Crippen LogP contribution in [0.25, 0.3) is 0 Å². The minimum Gasteiger partial charge on any atom is -0.496 e. The molecule has 74 valence electrons. The highest BCUT2D eigenvalue weighted by molar-refractivity contribution is 5.59. The van der Waals surface area contributed by atoms with Crippen LogP contribution in [0, 0.1) is 11.3 Å². The van der Waals surface area contributed by atoms with Crippen molar-refractivity contribution in [1.29, 1.82) is 5.26 Å². The van der Waals surface area contributed by atoms with E-state index >= 15 is 0 Å². The van der Waals surface area contributed by atoms with Gasteiger partial charge in [-0.15, -0.1) is 0 Å². The van der Waals surface area contributed by atoms with Gasteiger partial charge in [-0.3, -0.25) is 0 Å². The lowest BCUT2D eigenvalue weighted by molar-refractivity contribution is 0.409. The molecule has 0 N–H and O–H groups in total. The van der Waals surface area contributed by atoms with Crippen LogP contribution in [-0.2, 0) is 0 Å². The van der Waals surface area contributed by atoms with E-state index in [2.05, 4.69) is 18.2 Å². The molecule has 2 atom stereocenters. The fourth-order valence-electron chi connectivity index (χ4n) is 2.83. The lowest BCUT2D eigenvalue weighted by Crippen LogP contribution is -2.00. The fraction of sp³-hybridized carbons (Fsp3) is 0.308. The van der Waals surface area contributed by atoms with Gasteiger partial charge in [0.2, 0.25) is 0 Å². The third-order valence-electron chi connectivity index (χ3n) is 3.44. The maximum Gasteiger partial charge on any atom is 0.122 e. The van der Waals surface area contributed by atoms with Crippen LogP contribution in [0.5, 0.6) is 5.75 Å². The summed E-state index contributed by atoms with van der Waals surface area (Å²) in [5, 5.41) is 8.99. The number of rotatable bonds is 1. The zero-order chi connectivity index (χ0) is 10.4. The van der Waals surface area contributed by atoms with Gasteiger partial charge in [-0.2, -0.15) is 5.26 Å². The molecule has 2 aliphatic rings. The Hall–Kier alpha value is -1.75. The zero-order valence-corrected chi connectivity index (χ0v) is 8.53. The molecule has 2 nitrogen and oxygen atoms in total. The van der Waals surface area contributed by atoms with Crippen LogP contribution < -0.4 is 4.74 Å². The van der Waals surface area contributed by atoms with E-state index in [1.165, 1.54) is 11.1 Å². The molecule has 0 spiro atoms. The van der Waals surface area contributed by atoms with Crippen molar-refractivity contribution in [3.8, 4) is 11.8 Å². The van der Waals surface area contributed by atoms with Crippen molar-refractivity contribution >= 4 is 0 Å². The zero-order valence-electron chi connectivity index (χ0n) is 8.53. The van der Waals surface area contributed by atoms with Crippen molar-refractivity contribution in [3.05, 3.63) is 41.0 Å². The van der Waals surface area contributed by atoms with Gasteiger partial charge in [-0.1, -0.05) is 18.2 Å². The van der Waals surface area contributed by atoms with E-state index in [0.717, 1.165) is 17.7 Å². The molecule has 0 saturated heterocycles. The normalized spacial score (nSPS) is 25.7. The maximum atomic E-state index is 8.99. The number of methoxy groups -OCH3 is 1. The second-order valence-corrected chi connectivity index (χ2v) is 4.09. The molecule has 0 fully saturated rings. The van der Waals surface area contributed by atoms with Crippen molar-refractivity contribution in [2.24, 2.45) is 0 Å². The average molecular weight is 197 g/mol. The van der Waals surface area contributed by atoms with Crippen LogP contribution in [-0.4, -0.2) is 7.11 Å². The highest BCUT2D eigenvalue weighted by Crippen LogP contribution is 2.54. The summed E-state index contributed by atoms with van der Waals surface area (Å²) < 4.78 is 5.37. The molecule has 2 unspecified atom stereocenters. The van der Waals surface area contributed by atoms with Crippen LogP contribution in [0.1, 0.15) is 29.4 Å². The Kier molecular flexibility index (Phi) is 1.63. The highest BCUT2D eigenvalue weighted by Gasteiger charge is 2.39. The molecule has 0 aromatic heterocycles. The van der Waals surface area contributed by atoms with Gasteiger partial charge in [0.25, 0.3) is 0 Å². The standard InChI is InChI=1S/C13H11NO/c1-15-12-4-2-3-10-11-6-8(13(10)12)5-9(11)7-14/h2-5,8,11H,6H2,1H3.